The second-order valence-corrected chi connectivity index (χ2v) is 3.24. The molecule has 0 aliphatic heterocycles. The summed E-state index contributed by atoms with van der Waals surface area (Å²) in [7, 11) is 0. The fraction of sp³-hybridized carbons (Fsp3) is 1.00. The molecule has 0 saturated heterocycles. The summed E-state index contributed by atoms with van der Waals surface area (Å²) < 4.78 is -0.986. The molecule has 0 rings (SSSR count). The van der Waals surface area contributed by atoms with Crippen LogP contribution in [-0.4, -0.2) is 19.2 Å². The lowest BCUT2D eigenvalue weighted by Gasteiger charge is -2.02. The Morgan fingerprint density at radius 3 is 1.86 bits per heavy atom. The van der Waals surface area contributed by atoms with Gasteiger partial charge in [-0.2, -0.15) is 0 Å². The summed E-state index contributed by atoms with van der Waals surface area (Å²) in [6.45, 7) is 0. The van der Waals surface area contributed by atoms with E-state index in [1.165, 1.54) is 0 Å². The molecule has 0 unspecified atom stereocenters. The standard InChI is InChI=1S/CH3Cl2NO2S/c2-1(3)7-4(5)6/h1,5-6H. The lowest BCUT2D eigenvalue weighted by molar-refractivity contribution is -0.216. The van der Waals surface area contributed by atoms with E-state index in [1.807, 2.05) is 0 Å². The number of nitrogens with zero attached hydrogens (tertiary/aromatic N) is 1. The number of hydrogen-bond donors (Lipinski definition) is 2. The monoisotopic (exact) mass is 163 g/mol. The number of alkyl halides is 2. The molecule has 0 heterocycles. The number of rotatable bonds is 2. The van der Waals surface area contributed by atoms with Crippen molar-refractivity contribution in [3.05, 3.63) is 0 Å². The second-order valence-electron chi connectivity index (χ2n) is 0.619. The highest BCUT2D eigenvalue weighted by Gasteiger charge is 2.02. The average molecular weight is 164 g/mol. The molecule has 0 spiro atoms. The van der Waals surface area contributed by atoms with Crippen LogP contribution < -0.4 is 0 Å². The van der Waals surface area contributed by atoms with E-state index in [-0.39, 0.29) is 4.63 Å². The minimum atomic E-state index is -0.838. The minimum Gasteiger partial charge on any atom is -0.280 e. The Kier molecular flexibility index (Phi) is 4.20. The molecule has 0 fully saturated rings. The van der Waals surface area contributed by atoms with E-state index in [9.17, 15) is 0 Å². The molecule has 0 radical (unpaired) electrons. The molecule has 0 aliphatic carbocycles. The van der Waals surface area contributed by atoms with Gasteiger partial charge in [0, 0.05) is 11.9 Å². The molecule has 44 valence electrons. The van der Waals surface area contributed by atoms with E-state index < -0.39 is 4.17 Å². The molecule has 6 heteroatoms. The van der Waals surface area contributed by atoms with Crippen LogP contribution in [0.2, 0.25) is 0 Å². The Morgan fingerprint density at radius 1 is 1.43 bits per heavy atom. The maximum Gasteiger partial charge on any atom is 0.171 e. The Labute approximate surface area is 54.9 Å². The quantitative estimate of drug-likeness (QED) is 0.368. The maximum atomic E-state index is 7.91. The normalized spacial score (nSPS) is 11.1. The predicted molar refractivity (Wildman–Crippen MR) is 28.5 cm³/mol. The number of halogens is 2. The highest BCUT2D eigenvalue weighted by molar-refractivity contribution is 7.99. The van der Waals surface area contributed by atoms with Gasteiger partial charge in [0.15, 0.2) is 4.17 Å². The zero-order valence-corrected chi connectivity index (χ0v) is 5.41. The highest BCUT2D eigenvalue weighted by Crippen LogP contribution is 2.19. The van der Waals surface area contributed by atoms with Crippen LogP contribution in [0.5, 0.6) is 0 Å². The van der Waals surface area contributed by atoms with E-state index in [1.54, 1.807) is 0 Å². The van der Waals surface area contributed by atoms with Crippen LogP contribution in [0.25, 0.3) is 0 Å². The molecule has 0 aromatic rings. The van der Waals surface area contributed by atoms with Crippen molar-refractivity contribution in [3.8, 4) is 0 Å². The van der Waals surface area contributed by atoms with Crippen LogP contribution >= 0.6 is 35.1 Å². The van der Waals surface area contributed by atoms with Gasteiger partial charge >= 0.3 is 0 Å². The largest absolute Gasteiger partial charge is 0.280 e. The molecule has 0 saturated carbocycles. The van der Waals surface area contributed by atoms with Gasteiger partial charge in [0.25, 0.3) is 0 Å². The van der Waals surface area contributed by atoms with Crippen molar-refractivity contribution in [3.63, 3.8) is 0 Å². The van der Waals surface area contributed by atoms with Gasteiger partial charge in [-0.1, -0.05) is 23.2 Å². The lowest BCUT2D eigenvalue weighted by atomic mass is 11.9. The molecule has 0 aromatic heterocycles. The molecule has 2 N–H and O–H groups in total. The summed E-state index contributed by atoms with van der Waals surface area (Å²) in [5.74, 6) is 0. The summed E-state index contributed by atoms with van der Waals surface area (Å²) in [4.78, 5) is 0. The zero-order valence-electron chi connectivity index (χ0n) is 3.08. The summed E-state index contributed by atoms with van der Waals surface area (Å²) in [5.41, 5.74) is 0. The Bertz CT molecular complexity index is 45.0. The third-order valence-corrected chi connectivity index (χ3v) is 1.000. The van der Waals surface area contributed by atoms with Crippen LogP contribution in [0.15, 0.2) is 0 Å². The molecular formula is CH3Cl2NO2S. The fourth-order valence-electron chi connectivity index (χ4n) is 0.0713. The molecule has 3 nitrogen and oxygen atoms in total. The Morgan fingerprint density at radius 2 is 1.86 bits per heavy atom. The number of hydrogen-bond acceptors (Lipinski definition) is 4. The van der Waals surface area contributed by atoms with Gasteiger partial charge in [0.05, 0.1) is 0 Å². The van der Waals surface area contributed by atoms with E-state index in [0.29, 0.717) is 11.9 Å². The fourth-order valence-corrected chi connectivity index (χ4v) is 0.641. The topological polar surface area (TPSA) is 43.7 Å². The Hall–Kier alpha value is 0.810. The van der Waals surface area contributed by atoms with Crippen molar-refractivity contribution >= 4 is 35.1 Å². The van der Waals surface area contributed by atoms with Crippen molar-refractivity contribution in [1.82, 2.24) is 4.63 Å². The van der Waals surface area contributed by atoms with Crippen molar-refractivity contribution in [2.24, 2.45) is 0 Å². The first-order chi connectivity index (χ1) is 3.13. The maximum absolute atomic E-state index is 7.91. The van der Waals surface area contributed by atoms with Crippen molar-refractivity contribution in [1.29, 1.82) is 0 Å². The first-order valence-corrected chi connectivity index (χ1v) is 2.96. The molecule has 0 atom stereocenters. The van der Waals surface area contributed by atoms with Crippen molar-refractivity contribution in [2.45, 2.75) is 4.17 Å². The van der Waals surface area contributed by atoms with Gasteiger partial charge in [0.2, 0.25) is 0 Å². The van der Waals surface area contributed by atoms with E-state index in [4.69, 9.17) is 33.6 Å². The molecular weight excluding hydrogens is 161 g/mol. The zero-order chi connectivity index (χ0) is 5.86. The smallest absolute Gasteiger partial charge is 0.171 e. The van der Waals surface area contributed by atoms with Gasteiger partial charge in [-0.3, -0.25) is 10.4 Å². The van der Waals surface area contributed by atoms with Gasteiger partial charge in [-0.15, -0.1) is 0 Å². The average Bonchev–Trinajstić information content (AvgIpc) is 1.27. The SMILES string of the molecule is ON(O)SC(Cl)Cl. The van der Waals surface area contributed by atoms with Gasteiger partial charge < -0.3 is 0 Å². The minimum absolute atomic E-state index is 0.148. The van der Waals surface area contributed by atoms with Gasteiger partial charge in [-0.05, 0) is 4.63 Å². The predicted octanol–water partition coefficient (Wildman–Crippen LogP) is 1.48. The highest BCUT2D eigenvalue weighted by atomic mass is 35.5. The van der Waals surface area contributed by atoms with E-state index >= 15 is 0 Å². The van der Waals surface area contributed by atoms with Gasteiger partial charge in [-0.25, -0.2) is 0 Å². The van der Waals surface area contributed by atoms with Crippen LogP contribution in [0, 0.1) is 0 Å². The van der Waals surface area contributed by atoms with Crippen LogP contribution in [0.4, 0.5) is 0 Å². The van der Waals surface area contributed by atoms with Gasteiger partial charge in [0.1, 0.15) is 0 Å². The van der Waals surface area contributed by atoms with E-state index in [2.05, 4.69) is 0 Å². The lowest BCUT2D eigenvalue weighted by Crippen LogP contribution is -2.03. The Balaban J connectivity index is 2.95. The summed E-state index contributed by atoms with van der Waals surface area (Å²) in [6.07, 6.45) is 0. The summed E-state index contributed by atoms with van der Waals surface area (Å²) in [6, 6.07) is 0. The molecule has 0 aliphatic rings. The van der Waals surface area contributed by atoms with Crippen LogP contribution in [0.1, 0.15) is 0 Å². The summed E-state index contributed by atoms with van der Waals surface area (Å²) >= 11 is 10.6. The van der Waals surface area contributed by atoms with E-state index in [0.717, 1.165) is 0 Å². The van der Waals surface area contributed by atoms with Crippen LogP contribution in [0.3, 0.4) is 0 Å². The third kappa shape index (κ3) is 6.81. The second kappa shape index (κ2) is 3.77. The molecule has 0 amide bonds. The molecule has 7 heavy (non-hydrogen) atoms. The molecule has 0 bridgehead atoms. The molecule has 0 aromatic carbocycles. The first-order valence-electron chi connectivity index (χ1n) is 1.25. The first kappa shape index (κ1) is 7.81. The van der Waals surface area contributed by atoms with Crippen molar-refractivity contribution < 1.29 is 10.4 Å². The van der Waals surface area contributed by atoms with Crippen LogP contribution in [-0.2, 0) is 0 Å². The summed E-state index contributed by atoms with van der Waals surface area (Å²) in [5, 5.41) is 15.8. The van der Waals surface area contributed by atoms with Crippen molar-refractivity contribution in [2.75, 3.05) is 0 Å². The third-order valence-electron chi connectivity index (χ3n) is 0.174.